The predicted molar refractivity (Wildman–Crippen MR) is 147 cm³/mol. The molecule has 0 aliphatic carbocycles. The number of rotatable bonds is 0. The van der Waals surface area contributed by atoms with Crippen LogP contribution < -0.4 is 0 Å². The second kappa shape index (κ2) is 9.74. The van der Waals surface area contributed by atoms with Gasteiger partial charge in [0.1, 0.15) is 5.69 Å². The largest absolute Gasteiger partial charge is 0.355 e. The zero-order valence-electron chi connectivity index (χ0n) is 19.2. The minimum Gasteiger partial charge on any atom is -0.355 e. The lowest BCUT2D eigenvalue weighted by atomic mass is 10.1. The summed E-state index contributed by atoms with van der Waals surface area (Å²) in [6.45, 7) is 0. The SMILES string of the molecule is C#Cc1ccnc(C#C)c1C#C.C1=Cc2cc3ccc(cc4nc(cc5ccc(cc1n2)[nH]5)C=C4)[nH]3. The van der Waals surface area contributed by atoms with Crippen LogP contribution in [0.5, 0.6) is 0 Å². The van der Waals surface area contributed by atoms with Crippen molar-refractivity contribution in [3.05, 3.63) is 100 Å². The van der Waals surface area contributed by atoms with Gasteiger partial charge in [-0.1, -0.05) is 11.8 Å². The van der Waals surface area contributed by atoms with Crippen LogP contribution in [0.3, 0.4) is 0 Å². The van der Waals surface area contributed by atoms with Gasteiger partial charge >= 0.3 is 0 Å². The lowest BCUT2D eigenvalue weighted by Gasteiger charge is -1.97. The molecule has 168 valence electrons. The van der Waals surface area contributed by atoms with Gasteiger partial charge in [0.2, 0.25) is 0 Å². The molecule has 36 heavy (non-hydrogen) atoms. The second-order valence-corrected chi connectivity index (χ2v) is 7.92. The van der Waals surface area contributed by atoms with E-state index < -0.39 is 0 Å². The Morgan fingerprint density at radius 3 is 1.36 bits per heavy atom. The molecule has 2 N–H and O–H groups in total. The predicted octanol–water partition coefficient (Wildman–Crippen LogP) is 5.68. The molecule has 0 atom stereocenters. The van der Waals surface area contributed by atoms with Gasteiger partial charge in [-0.2, -0.15) is 0 Å². The summed E-state index contributed by atoms with van der Waals surface area (Å²) in [5.74, 6) is 7.23. The molecule has 0 spiro atoms. The Morgan fingerprint density at radius 2 is 1.00 bits per heavy atom. The fraction of sp³-hybridized carbons (Fsp3) is 0. The van der Waals surface area contributed by atoms with Crippen LogP contribution in [0.1, 0.15) is 39.6 Å². The van der Waals surface area contributed by atoms with Crippen LogP contribution in [0.2, 0.25) is 0 Å². The van der Waals surface area contributed by atoms with E-state index in [0.717, 1.165) is 44.8 Å². The van der Waals surface area contributed by atoms with Gasteiger partial charge in [-0.15, -0.1) is 19.3 Å². The maximum Gasteiger partial charge on any atom is 0.129 e. The monoisotopic (exact) mass is 461 g/mol. The summed E-state index contributed by atoms with van der Waals surface area (Å²) in [5.41, 5.74) is 9.41. The fourth-order valence-corrected chi connectivity index (χ4v) is 3.78. The summed E-state index contributed by atoms with van der Waals surface area (Å²) >= 11 is 0. The molecular weight excluding hydrogens is 442 g/mol. The fourth-order valence-electron chi connectivity index (χ4n) is 3.78. The second-order valence-electron chi connectivity index (χ2n) is 7.92. The van der Waals surface area contributed by atoms with Gasteiger partial charge in [0.25, 0.3) is 0 Å². The van der Waals surface area contributed by atoms with E-state index in [-0.39, 0.29) is 0 Å². The molecule has 0 unspecified atom stereocenters. The van der Waals surface area contributed by atoms with E-state index in [2.05, 4.69) is 66.9 Å². The molecule has 6 rings (SSSR count). The number of fused-ring (bicyclic) bond motifs is 8. The van der Waals surface area contributed by atoms with E-state index in [4.69, 9.17) is 19.3 Å². The Labute approximate surface area is 208 Å². The standard InChI is InChI=1S/C20H14N4.C11H5N/c1-2-14-10-16-5-6-18(23-16)12-20-8-7-19(24-20)11-17-4-3-15(22-17)9-13(1)21-14;1-4-9-7-8-12-11(6-3)10(9)5-2/h1-12,21,24H;1-3,7-8H. The first-order valence-electron chi connectivity index (χ1n) is 11.1. The number of aromatic amines is 2. The molecule has 5 heteroatoms. The Kier molecular flexibility index (Phi) is 6.01. The molecule has 4 aromatic heterocycles. The van der Waals surface area contributed by atoms with E-state index in [1.165, 1.54) is 0 Å². The molecule has 4 aromatic rings. The van der Waals surface area contributed by atoms with Crippen LogP contribution in [0.15, 0.2) is 60.8 Å². The highest BCUT2D eigenvalue weighted by Crippen LogP contribution is 2.17. The van der Waals surface area contributed by atoms with Gasteiger partial charge < -0.3 is 9.97 Å². The zero-order valence-corrected chi connectivity index (χ0v) is 19.2. The molecule has 8 bridgehead atoms. The summed E-state index contributed by atoms with van der Waals surface area (Å²) in [7, 11) is 0. The van der Waals surface area contributed by atoms with Gasteiger partial charge in [-0.3, -0.25) is 0 Å². The minimum absolute atomic E-state index is 0.424. The summed E-state index contributed by atoms with van der Waals surface area (Å²) in [4.78, 5) is 19.9. The van der Waals surface area contributed by atoms with Crippen molar-refractivity contribution in [2.24, 2.45) is 0 Å². The average Bonchev–Trinajstić information content (AvgIpc) is 3.70. The quantitative estimate of drug-likeness (QED) is 0.286. The lowest BCUT2D eigenvalue weighted by molar-refractivity contribution is 1.26. The smallest absolute Gasteiger partial charge is 0.129 e. The molecule has 0 aromatic carbocycles. The molecule has 5 nitrogen and oxygen atoms in total. The van der Waals surface area contributed by atoms with Crippen LogP contribution in [0.25, 0.3) is 46.4 Å². The van der Waals surface area contributed by atoms with E-state index in [1.54, 1.807) is 12.3 Å². The summed E-state index contributed by atoms with van der Waals surface area (Å²) in [5, 5.41) is 0. The normalized spacial score (nSPS) is 11.0. The molecule has 2 aliphatic heterocycles. The highest BCUT2D eigenvalue weighted by atomic mass is 14.8. The molecule has 0 fully saturated rings. The number of pyridine rings is 1. The van der Waals surface area contributed by atoms with E-state index in [9.17, 15) is 0 Å². The maximum atomic E-state index is 5.22. The van der Waals surface area contributed by atoms with Crippen molar-refractivity contribution in [3.63, 3.8) is 0 Å². The van der Waals surface area contributed by atoms with Gasteiger partial charge in [0.05, 0.1) is 28.3 Å². The first-order chi connectivity index (χ1) is 17.6. The summed E-state index contributed by atoms with van der Waals surface area (Å²) in [6.07, 6.45) is 25.2. The Hall–Kier alpha value is -5.57. The van der Waals surface area contributed by atoms with Gasteiger partial charge in [-0.25, -0.2) is 15.0 Å². The molecule has 0 saturated heterocycles. The van der Waals surface area contributed by atoms with Crippen LogP contribution in [-0.4, -0.2) is 24.9 Å². The van der Waals surface area contributed by atoms with Crippen LogP contribution in [0, 0.1) is 37.0 Å². The number of nitrogens with zero attached hydrogens (tertiary/aromatic N) is 3. The molecule has 2 aliphatic rings. The third-order valence-electron chi connectivity index (χ3n) is 5.43. The van der Waals surface area contributed by atoms with Crippen LogP contribution in [-0.2, 0) is 0 Å². The van der Waals surface area contributed by atoms with Crippen molar-refractivity contribution in [1.82, 2.24) is 24.9 Å². The van der Waals surface area contributed by atoms with Crippen molar-refractivity contribution in [3.8, 4) is 37.0 Å². The zero-order chi connectivity index (χ0) is 24.9. The van der Waals surface area contributed by atoms with Gasteiger partial charge in [0.15, 0.2) is 0 Å². The Bertz CT molecular complexity index is 1620. The van der Waals surface area contributed by atoms with Crippen molar-refractivity contribution < 1.29 is 0 Å². The summed E-state index contributed by atoms with van der Waals surface area (Å²) < 4.78 is 0. The van der Waals surface area contributed by atoms with Crippen LogP contribution >= 0.6 is 0 Å². The highest BCUT2D eigenvalue weighted by molar-refractivity contribution is 5.77. The summed E-state index contributed by atoms with van der Waals surface area (Å²) in [6, 6.07) is 18.0. The lowest BCUT2D eigenvalue weighted by Crippen LogP contribution is -1.92. The van der Waals surface area contributed by atoms with Crippen molar-refractivity contribution >= 4 is 46.4 Å². The molecule has 0 amide bonds. The van der Waals surface area contributed by atoms with Gasteiger partial charge in [-0.05, 0) is 84.8 Å². The topological polar surface area (TPSA) is 70.2 Å². The minimum atomic E-state index is 0.424. The number of hydrogen-bond acceptors (Lipinski definition) is 3. The van der Waals surface area contributed by atoms with Crippen molar-refractivity contribution in [2.75, 3.05) is 0 Å². The van der Waals surface area contributed by atoms with Crippen molar-refractivity contribution in [2.45, 2.75) is 0 Å². The third kappa shape index (κ3) is 4.85. The number of nitrogens with one attached hydrogen (secondary N) is 2. The number of hydrogen-bond donors (Lipinski definition) is 2. The first kappa shape index (κ1) is 22.2. The van der Waals surface area contributed by atoms with Crippen LogP contribution in [0.4, 0.5) is 0 Å². The Morgan fingerprint density at radius 1 is 0.556 bits per heavy atom. The molecule has 0 radical (unpaired) electrons. The average molecular weight is 462 g/mol. The van der Waals surface area contributed by atoms with E-state index in [0.29, 0.717) is 16.8 Å². The van der Waals surface area contributed by atoms with E-state index in [1.807, 2.05) is 48.6 Å². The highest BCUT2D eigenvalue weighted by Gasteiger charge is 2.02. The maximum absolute atomic E-state index is 5.22. The molecule has 0 saturated carbocycles. The van der Waals surface area contributed by atoms with Gasteiger partial charge in [0, 0.05) is 33.8 Å². The molecule has 6 heterocycles. The number of aromatic nitrogens is 5. The first-order valence-corrected chi connectivity index (χ1v) is 11.1. The number of H-pyrrole nitrogens is 2. The third-order valence-corrected chi connectivity index (χ3v) is 5.43. The van der Waals surface area contributed by atoms with E-state index >= 15 is 0 Å². The molecular formula is C31H19N5. The number of terminal acetylenes is 3. The van der Waals surface area contributed by atoms with Crippen molar-refractivity contribution in [1.29, 1.82) is 0 Å². The Balaban J connectivity index is 0.000000189.